The highest BCUT2D eigenvalue weighted by atomic mass is 32.2. The number of aromatic nitrogens is 2. The topological polar surface area (TPSA) is 41.1 Å². The van der Waals surface area contributed by atoms with Gasteiger partial charge in [-0.25, -0.2) is 9.97 Å². The van der Waals surface area contributed by atoms with Crippen molar-refractivity contribution in [2.24, 2.45) is 0 Å². The maximum atomic E-state index is 4.75. The molecule has 0 aliphatic rings. The van der Waals surface area contributed by atoms with Gasteiger partial charge in [0, 0.05) is 37.9 Å². The molecular formula is C15H28N4S. The Labute approximate surface area is 127 Å². The predicted molar refractivity (Wildman–Crippen MR) is 91.2 cm³/mol. The van der Waals surface area contributed by atoms with Gasteiger partial charge in [-0.05, 0) is 26.0 Å². The molecule has 0 aromatic carbocycles. The molecule has 5 heteroatoms. The maximum Gasteiger partial charge on any atom is 0.137 e. The lowest BCUT2D eigenvalue weighted by atomic mass is 10.2. The molecule has 4 nitrogen and oxygen atoms in total. The van der Waals surface area contributed by atoms with Gasteiger partial charge in [0.1, 0.15) is 17.5 Å². The molecule has 1 N–H and O–H groups in total. The van der Waals surface area contributed by atoms with Crippen LogP contribution in [0.2, 0.25) is 0 Å². The summed E-state index contributed by atoms with van der Waals surface area (Å²) in [5.41, 5.74) is 1.15. The maximum absolute atomic E-state index is 4.75. The molecular weight excluding hydrogens is 268 g/mol. The van der Waals surface area contributed by atoms with Crippen LogP contribution in [0, 0.1) is 6.92 Å². The Morgan fingerprint density at radius 3 is 2.55 bits per heavy atom. The van der Waals surface area contributed by atoms with Gasteiger partial charge in [-0.3, -0.25) is 0 Å². The van der Waals surface area contributed by atoms with Crippen LogP contribution in [0.1, 0.15) is 38.1 Å². The average Bonchev–Trinajstić information content (AvgIpc) is 2.45. The smallest absolute Gasteiger partial charge is 0.137 e. The molecule has 0 saturated carbocycles. The molecule has 0 saturated heterocycles. The standard InChI is InChI=1S/C15H28N4S/c1-6-8-13-17-14(16-9-7-2)12(3)15(18-13)19(4)10-11-20-5/h6-11H2,1-5H3,(H,16,17,18). The summed E-state index contributed by atoms with van der Waals surface area (Å²) in [4.78, 5) is 11.7. The van der Waals surface area contributed by atoms with E-state index in [1.165, 1.54) is 0 Å². The van der Waals surface area contributed by atoms with Crippen LogP contribution in [0.25, 0.3) is 0 Å². The van der Waals surface area contributed by atoms with Crippen LogP contribution in [-0.2, 0) is 6.42 Å². The number of nitrogens with zero attached hydrogens (tertiary/aromatic N) is 3. The molecule has 0 amide bonds. The second-order valence-corrected chi connectivity index (χ2v) is 6.01. The first-order chi connectivity index (χ1) is 9.63. The van der Waals surface area contributed by atoms with Gasteiger partial charge in [-0.1, -0.05) is 13.8 Å². The van der Waals surface area contributed by atoms with E-state index >= 15 is 0 Å². The number of thioether (sulfide) groups is 1. The third kappa shape index (κ3) is 4.85. The number of hydrogen-bond donors (Lipinski definition) is 1. The molecule has 0 spiro atoms. The highest BCUT2D eigenvalue weighted by Gasteiger charge is 2.13. The summed E-state index contributed by atoms with van der Waals surface area (Å²) in [6, 6.07) is 0. The van der Waals surface area contributed by atoms with E-state index < -0.39 is 0 Å². The second kappa shape index (κ2) is 9.06. The number of hydrogen-bond acceptors (Lipinski definition) is 5. The Bertz CT molecular complexity index is 409. The number of anilines is 2. The zero-order valence-electron chi connectivity index (χ0n) is 13.5. The fourth-order valence-corrected chi connectivity index (χ4v) is 2.46. The van der Waals surface area contributed by atoms with Crippen LogP contribution in [-0.4, -0.2) is 42.1 Å². The van der Waals surface area contributed by atoms with E-state index in [1.807, 2.05) is 11.8 Å². The van der Waals surface area contributed by atoms with E-state index in [1.54, 1.807) is 0 Å². The zero-order chi connectivity index (χ0) is 15.0. The van der Waals surface area contributed by atoms with Crippen molar-refractivity contribution in [1.82, 2.24) is 9.97 Å². The van der Waals surface area contributed by atoms with Crippen molar-refractivity contribution >= 4 is 23.4 Å². The minimum absolute atomic E-state index is 0.935. The Morgan fingerprint density at radius 1 is 1.20 bits per heavy atom. The zero-order valence-corrected chi connectivity index (χ0v) is 14.3. The fourth-order valence-electron chi connectivity index (χ4n) is 2.01. The SMILES string of the molecule is CCCNc1nc(CCC)nc(N(C)CCSC)c1C. The number of rotatable bonds is 9. The van der Waals surface area contributed by atoms with Crippen molar-refractivity contribution in [2.75, 3.05) is 42.4 Å². The Morgan fingerprint density at radius 2 is 1.95 bits per heavy atom. The average molecular weight is 296 g/mol. The Hall–Kier alpha value is -0.970. The van der Waals surface area contributed by atoms with Crippen molar-refractivity contribution < 1.29 is 0 Å². The molecule has 1 heterocycles. The molecule has 0 bridgehead atoms. The lowest BCUT2D eigenvalue weighted by molar-refractivity contribution is 0.812. The summed E-state index contributed by atoms with van der Waals surface area (Å²) in [7, 11) is 2.12. The van der Waals surface area contributed by atoms with Gasteiger partial charge in [-0.15, -0.1) is 0 Å². The summed E-state index contributed by atoms with van der Waals surface area (Å²) in [5, 5.41) is 3.43. The predicted octanol–water partition coefficient (Wildman–Crippen LogP) is 3.36. The minimum atomic E-state index is 0.935. The van der Waals surface area contributed by atoms with Gasteiger partial charge in [0.05, 0.1) is 0 Å². The minimum Gasteiger partial charge on any atom is -0.370 e. The molecule has 114 valence electrons. The summed E-state index contributed by atoms with van der Waals surface area (Å²) < 4.78 is 0. The van der Waals surface area contributed by atoms with Gasteiger partial charge in [0.25, 0.3) is 0 Å². The van der Waals surface area contributed by atoms with Gasteiger partial charge < -0.3 is 10.2 Å². The molecule has 1 aromatic heterocycles. The number of nitrogens with one attached hydrogen (secondary N) is 1. The molecule has 0 fully saturated rings. The van der Waals surface area contributed by atoms with Gasteiger partial charge in [0.2, 0.25) is 0 Å². The number of aryl methyl sites for hydroxylation is 1. The molecule has 0 atom stereocenters. The first-order valence-corrected chi connectivity index (χ1v) is 8.84. The molecule has 1 rings (SSSR count). The van der Waals surface area contributed by atoms with Crippen LogP contribution in [0.5, 0.6) is 0 Å². The van der Waals surface area contributed by atoms with Crippen molar-refractivity contribution in [2.45, 2.75) is 40.0 Å². The van der Waals surface area contributed by atoms with Crippen molar-refractivity contribution in [3.05, 3.63) is 11.4 Å². The van der Waals surface area contributed by atoms with Crippen molar-refractivity contribution in [1.29, 1.82) is 0 Å². The lowest BCUT2D eigenvalue weighted by Crippen LogP contribution is -2.24. The summed E-state index contributed by atoms with van der Waals surface area (Å²) in [6.45, 7) is 8.41. The van der Waals surface area contributed by atoms with E-state index in [0.29, 0.717) is 0 Å². The van der Waals surface area contributed by atoms with Crippen molar-refractivity contribution in [3.63, 3.8) is 0 Å². The van der Waals surface area contributed by atoms with E-state index in [-0.39, 0.29) is 0 Å². The van der Waals surface area contributed by atoms with Crippen LogP contribution in [0.3, 0.4) is 0 Å². The second-order valence-electron chi connectivity index (χ2n) is 5.03. The highest BCUT2D eigenvalue weighted by Crippen LogP contribution is 2.23. The van der Waals surface area contributed by atoms with E-state index in [2.05, 4.69) is 49.3 Å². The van der Waals surface area contributed by atoms with E-state index in [9.17, 15) is 0 Å². The van der Waals surface area contributed by atoms with Gasteiger partial charge in [-0.2, -0.15) is 11.8 Å². The lowest BCUT2D eigenvalue weighted by Gasteiger charge is -2.22. The van der Waals surface area contributed by atoms with E-state index in [0.717, 1.165) is 61.1 Å². The van der Waals surface area contributed by atoms with Crippen LogP contribution in [0.4, 0.5) is 11.6 Å². The summed E-state index contributed by atoms with van der Waals surface area (Å²) in [6.07, 6.45) is 5.25. The molecule has 1 aromatic rings. The third-order valence-electron chi connectivity index (χ3n) is 3.17. The van der Waals surface area contributed by atoms with Gasteiger partial charge >= 0.3 is 0 Å². The highest BCUT2D eigenvalue weighted by molar-refractivity contribution is 7.98. The molecule has 0 radical (unpaired) electrons. The van der Waals surface area contributed by atoms with Crippen molar-refractivity contribution in [3.8, 4) is 0 Å². The van der Waals surface area contributed by atoms with Gasteiger partial charge in [0.15, 0.2) is 0 Å². The monoisotopic (exact) mass is 296 g/mol. The Kier molecular flexibility index (Phi) is 7.73. The summed E-state index contributed by atoms with van der Waals surface area (Å²) >= 11 is 1.86. The first-order valence-electron chi connectivity index (χ1n) is 7.45. The van der Waals surface area contributed by atoms with E-state index in [4.69, 9.17) is 4.98 Å². The van der Waals surface area contributed by atoms with Crippen LogP contribution < -0.4 is 10.2 Å². The largest absolute Gasteiger partial charge is 0.370 e. The summed E-state index contributed by atoms with van der Waals surface area (Å²) in [5.74, 6) is 4.12. The Balaban J connectivity index is 3.02. The molecule has 0 unspecified atom stereocenters. The molecule has 0 aliphatic carbocycles. The fraction of sp³-hybridized carbons (Fsp3) is 0.733. The molecule has 20 heavy (non-hydrogen) atoms. The third-order valence-corrected chi connectivity index (χ3v) is 3.77. The first kappa shape index (κ1) is 17.1. The molecule has 0 aliphatic heterocycles. The van der Waals surface area contributed by atoms with Crippen LogP contribution in [0.15, 0.2) is 0 Å². The normalized spacial score (nSPS) is 10.7. The quantitative estimate of drug-likeness (QED) is 0.757. The van der Waals surface area contributed by atoms with Crippen LogP contribution >= 0.6 is 11.8 Å².